The molecule has 0 spiro atoms. The quantitative estimate of drug-likeness (QED) is 0.705. The zero-order valence-corrected chi connectivity index (χ0v) is 13.4. The number of hydrogen-bond donors (Lipinski definition) is 2. The Morgan fingerprint density at radius 3 is 2.68 bits per heavy atom. The number of alkyl halides is 3. The first kappa shape index (κ1) is 17.1. The predicted octanol–water partition coefficient (Wildman–Crippen LogP) is 4.44. The maximum atomic E-state index is 12.7. The molecule has 25 heavy (non-hydrogen) atoms. The summed E-state index contributed by atoms with van der Waals surface area (Å²) in [6.45, 7) is 0.0800. The van der Waals surface area contributed by atoms with Gasteiger partial charge in [-0.1, -0.05) is 30.3 Å². The Hall–Kier alpha value is -2.76. The van der Waals surface area contributed by atoms with Crippen LogP contribution in [0.2, 0.25) is 0 Å². The van der Waals surface area contributed by atoms with Gasteiger partial charge in [-0.05, 0) is 35.7 Å². The van der Waals surface area contributed by atoms with Gasteiger partial charge in [-0.25, -0.2) is 0 Å². The van der Waals surface area contributed by atoms with Crippen molar-refractivity contribution in [2.75, 3.05) is 0 Å². The molecule has 2 N–H and O–H groups in total. The number of carbonyl (C=O) groups is 1. The SMILES string of the molecule is O=C(CCc1c[nH]c2ccccc12)NCc1cccc(C(F)(F)F)c1. The van der Waals surface area contributed by atoms with Crippen LogP contribution in [0.5, 0.6) is 0 Å². The van der Waals surface area contributed by atoms with Crippen LogP contribution in [0.3, 0.4) is 0 Å². The van der Waals surface area contributed by atoms with Gasteiger partial charge in [0.15, 0.2) is 0 Å². The van der Waals surface area contributed by atoms with Gasteiger partial charge in [0.2, 0.25) is 5.91 Å². The van der Waals surface area contributed by atoms with E-state index < -0.39 is 11.7 Å². The van der Waals surface area contributed by atoms with E-state index in [1.807, 2.05) is 30.5 Å². The Morgan fingerprint density at radius 2 is 1.88 bits per heavy atom. The molecule has 0 saturated carbocycles. The monoisotopic (exact) mass is 346 g/mol. The first-order valence-electron chi connectivity index (χ1n) is 7.91. The van der Waals surface area contributed by atoms with Gasteiger partial charge in [-0.3, -0.25) is 4.79 Å². The fourth-order valence-corrected chi connectivity index (χ4v) is 2.73. The third kappa shape index (κ3) is 4.21. The molecule has 130 valence electrons. The van der Waals surface area contributed by atoms with Crippen LogP contribution < -0.4 is 5.32 Å². The van der Waals surface area contributed by atoms with Crippen molar-refractivity contribution in [1.29, 1.82) is 0 Å². The third-order valence-electron chi connectivity index (χ3n) is 4.04. The second kappa shape index (κ2) is 7.01. The molecule has 0 aliphatic carbocycles. The van der Waals surface area contributed by atoms with Gasteiger partial charge in [0.1, 0.15) is 0 Å². The molecule has 0 bridgehead atoms. The van der Waals surface area contributed by atoms with Crippen LogP contribution in [-0.4, -0.2) is 10.9 Å². The van der Waals surface area contributed by atoms with E-state index in [0.29, 0.717) is 12.0 Å². The summed E-state index contributed by atoms with van der Waals surface area (Å²) in [6.07, 6.45) is -1.65. The predicted molar refractivity (Wildman–Crippen MR) is 89.9 cm³/mol. The molecule has 2 aromatic carbocycles. The van der Waals surface area contributed by atoms with Crippen molar-refractivity contribution in [1.82, 2.24) is 10.3 Å². The maximum absolute atomic E-state index is 12.7. The Labute approximate surface area is 142 Å². The van der Waals surface area contributed by atoms with Crippen LogP contribution in [-0.2, 0) is 23.9 Å². The lowest BCUT2D eigenvalue weighted by Crippen LogP contribution is -2.23. The van der Waals surface area contributed by atoms with E-state index in [4.69, 9.17) is 0 Å². The summed E-state index contributed by atoms with van der Waals surface area (Å²) in [5, 5.41) is 3.75. The molecule has 0 saturated heterocycles. The molecule has 0 atom stereocenters. The fourth-order valence-electron chi connectivity index (χ4n) is 2.73. The average Bonchev–Trinajstić information content (AvgIpc) is 3.01. The highest BCUT2D eigenvalue weighted by Crippen LogP contribution is 2.29. The Morgan fingerprint density at radius 1 is 1.08 bits per heavy atom. The summed E-state index contributed by atoms with van der Waals surface area (Å²) in [7, 11) is 0. The van der Waals surface area contributed by atoms with Gasteiger partial charge in [0.25, 0.3) is 0 Å². The van der Waals surface area contributed by atoms with E-state index in [-0.39, 0.29) is 18.9 Å². The lowest BCUT2D eigenvalue weighted by molar-refractivity contribution is -0.137. The highest BCUT2D eigenvalue weighted by atomic mass is 19.4. The number of hydrogen-bond acceptors (Lipinski definition) is 1. The van der Waals surface area contributed by atoms with E-state index in [9.17, 15) is 18.0 Å². The van der Waals surface area contributed by atoms with Crippen molar-refractivity contribution in [3.05, 3.63) is 71.4 Å². The molecule has 0 unspecified atom stereocenters. The average molecular weight is 346 g/mol. The van der Waals surface area contributed by atoms with Crippen LogP contribution in [0.1, 0.15) is 23.1 Å². The number of rotatable bonds is 5. The van der Waals surface area contributed by atoms with Gasteiger partial charge in [0, 0.05) is 30.1 Å². The van der Waals surface area contributed by atoms with E-state index >= 15 is 0 Å². The molecule has 0 aliphatic rings. The normalized spacial score (nSPS) is 11.6. The number of para-hydroxylation sites is 1. The van der Waals surface area contributed by atoms with Crippen molar-refractivity contribution in [3.8, 4) is 0 Å². The van der Waals surface area contributed by atoms with Crippen molar-refractivity contribution in [2.45, 2.75) is 25.6 Å². The first-order chi connectivity index (χ1) is 11.9. The number of aromatic nitrogens is 1. The van der Waals surface area contributed by atoms with Gasteiger partial charge >= 0.3 is 6.18 Å². The Balaban J connectivity index is 1.55. The molecule has 3 nitrogen and oxygen atoms in total. The largest absolute Gasteiger partial charge is 0.416 e. The number of aryl methyl sites for hydroxylation is 1. The van der Waals surface area contributed by atoms with Crippen LogP contribution in [0.4, 0.5) is 13.2 Å². The lowest BCUT2D eigenvalue weighted by atomic mass is 10.1. The highest BCUT2D eigenvalue weighted by Gasteiger charge is 2.30. The summed E-state index contributed by atoms with van der Waals surface area (Å²) in [6, 6.07) is 12.8. The molecule has 6 heteroatoms. The summed E-state index contributed by atoms with van der Waals surface area (Å²) in [4.78, 5) is 15.1. The number of aromatic amines is 1. The van der Waals surface area contributed by atoms with Gasteiger partial charge < -0.3 is 10.3 Å². The minimum atomic E-state index is -4.38. The first-order valence-corrected chi connectivity index (χ1v) is 7.91. The van der Waals surface area contributed by atoms with E-state index in [1.54, 1.807) is 6.07 Å². The van der Waals surface area contributed by atoms with Crippen LogP contribution in [0.25, 0.3) is 10.9 Å². The van der Waals surface area contributed by atoms with Crippen molar-refractivity contribution >= 4 is 16.8 Å². The van der Waals surface area contributed by atoms with Gasteiger partial charge in [0.05, 0.1) is 5.56 Å². The van der Waals surface area contributed by atoms with Gasteiger partial charge in [-0.15, -0.1) is 0 Å². The molecular weight excluding hydrogens is 329 g/mol. The summed E-state index contributed by atoms with van der Waals surface area (Å²) in [5.41, 5.74) is 1.78. The molecule has 0 aliphatic heterocycles. The molecular formula is C19H17F3N2O. The number of amides is 1. The van der Waals surface area contributed by atoms with Gasteiger partial charge in [-0.2, -0.15) is 13.2 Å². The molecule has 1 amide bonds. The lowest BCUT2D eigenvalue weighted by Gasteiger charge is -2.09. The molecule has 1 aromatic heterocycles. The number of carbonyl (C=O) groups excluding carboxylic acids is 1. The minimum absolute atomic E-state index is 0.0800. The second-order valence-electron chi connectivity index (χ2n) is 5.83. The number of halogens is 3. The fraction of sp³-hybridized carbons (Fsp3) is 0.211. The van der Waals surface area contributed by atoms with Crippen LogP contribution in [0, 0.1) is 0 Å². The van der Waals surface area contributed by atoms with E-state index in [1.165, 1.54) is 6.07 Å². The van der Waals surface area contributed by atoms with Crippen molar-refractivity contribution < 1.29 is 18.0 Å². The zero-order chi connectivity index (χ0) is 17.9. The van der Waals surface area contributed by atoms with Crippen LogP contribution in [0.15, 0.2) is 54.7 Å². The summed E-state index contributed by atoms with van der Waals surface area (Å²) < 4.78 is 38.0. The molecule has 3 rings (SSSR count). The molecule has 0 fully saturated rings. The topological polar surface area (TPSA) is 44.9 Å². The smallest absolute Gasteiger partial charge is 0.361 e. The standard InChI is InChI=1S/C19H17F3N2O/c20-19(21,22)15-5-3-4-13(10-15)11-24-18(25)9-8-14-12-23-17-7-2-1-6-16(14)17/h1-7,10,12,23H,8-9,11H2,(H,24,25). The minimum Gasteiger partial charge on any atom is -0.361 e. The summed E-state index contributed by atoms with van der Waals surface area (Å²) >= 11 is 0. The number of benzene rings is 2. The molecule has 3 aromatic rings. The molecule has 1 heterocycles. The number of H-pyrrole nitrogens is 1. The van der Waals surface area contributed by atoms with Crippen LogP contribution >= 0.6 is 0 Å². The zero-order valence-electron chi connectivity index (χ0n) is 13.4. The Bertz CT molecular complexity index is 884. The number of nitrogens with one attached hydrogen (secondary N) is 2. The Kier molecular flexibility index (Phi) is 4.79. The second-order valence-corrected chi connectivity index (χ2v) is 5.83. The molecule has 0 radical (unpaired) electrons. The van der Waals surface area contributed by atoms with Crippen molar-refractivity contribution in [3.63, 3.8) is 0 Å². The third-order valence-corrected chi connectivity index (χ3v) is 4.04. The maximum Gasteiger partial charge on any atom is 0.416 e. The van der Waals surface area contributed by atoms with E-state index in [0.717, 1.165) is 28.6 Å². The van der Waals surface area contributed by atoms with E-state index in [2.05, 4.69) is 10.3 Å². The highest BCUT2D eigenvalue weighted by molar-refractivity contribution is 5.84. The summed E-state index contributed by atoms with van der Waals surface area (Å²) in [5.74, 6) is -0.192. The number of fused-ring (bicyclic) bond motifs is 1. The van der Waals surface area contributed by atoms with Crippen molar-refractivity contribution in [2.24, 2.45) is 0 Å².